The highest BCUT2D eigenvalue weighted by Gasteiger charge is 2.29. The molecule has 2 unspecified atom stereocenters. The van der Waals surface area contributed by atoms with Crippen molar-refractivity contribution >= 4 is 0 Å². The molecule has 2 N–H and O–H groups in total. The minimum Gasteiger partial charge on any atom is -0.490 e. The molecule has 1 aliphatic heterocycles. The van der Waals surface area contributed by atoms with E-state index in [0.29, 0.717) is 18.0 Å². The molecule has 2 nitrogen and oxygen atoms in total. The minimum absolute atomic E-state index is 0.104. The lowest BCUT2D eigenvalue weighted by Crippen LogP contribution is -2.27. The van der Waals surface area contributed by atoms with E-state index < -0.39 is 0 Å². The second-order valence-electron chi connectivity index (χ2n) is 5.34. The topological polar surface area (TPSA) is 35.2 Å². The van der Waals surface area contributed by atoms with Gasteiger partial charge in [0.2, 0.25) is 0 Å². The van der Waals surface area contributed by atoms with Crippen LogP contribution in [0.1, 0.15) is 29.9 Å². The first-order chi connectivity index (χ1) is 9.74. The number of nitrogens with two attached hydrogens (primary N) is 1. The van der Waals surface area contributed by atoms with E-state index in [2.05, 4.69) is 43.0 Å². The molecule has 0 fully saturated rings. The molecule has 0 spiro atoms. The molecule has 2 aromatic carbocycles. The van der Waals surface area contributed by atoms with Crippen LogP contribution in [0.3, 0.4) is 0 Å². The fourth-order valence-electron chi connectivity index (χ4n) is 2.91. The maximum absolute atomic E-state index is 6.05. The highest BCUT2D eigenvalue weighted by atomic mass is 16.5. The molecule has 20 heavy (non-hydrogen) atoms. The van der Waals surface area contributed by atoms with Gasteiger partial charge in [0.05, 0.1) is 0 Å². The van der Waals surface area contributed by atoms with Crippen LogP contribution >= 0.6 is 0 Å². The molecular formula is C18H19NO. The van der Waals surface area contributed by atoms with Gasteiger partial charge in [0.15, 0.2) is 0 Å². The maximum Gasteiger partial charge on any atom is 0.123 e. The van der Waals surface area contributed by atoms with Crippen molar-refractivity contribution in [3.8, 4) is 5.75 Å². The van der Waals surface area contributed by atoms with E-state index in [-0.39, 0.29) is 6.10 Å². The monoisotopic (exact) mass is 265 g/mol. The molecule has 2 heteroatoms. The van der Waals surface area contributed by atoms with Crippen LogP contribution < -0.4 is 10.5 Å². The number of ether oxygens (including phenoxy) is 1. The van der Waals surface area contributed by atoms with Crippen molar-refractivity contribution < 1.29 is 4.74 Å². The van der Waals surface area contributed by atoms with Gasteiger partial charge in [0, 0.05) is 23.6 Å². The van der Waals surface area contributed by atoms with Crippen LogP contribution in [0.4, 0.5) is 0 Å². The van der Waals surface area contributed by atoms with Gasteiger partial charge in [0.1, 0.15) is 11.9 Å². The number of para-hydroxylation sites is 1. The smallest absolute Gasteiger partial charge is 0.123 e. The summed E-state index contributed by atoms with van der Waals surface area (Å²) in [4.78, 5) is 0. The summed E-state index contributed by atoms with van der Waals surface area (Å²) in [5.74, 6) is 1.34. The van der Waals surface area contributed by atoms with Gasteiger partial charge < -0.3 is 10.5 Å². The Bertz CT molecular complexity index is 606. The summed E-state index contributed by atoms with van der Waals surface area (Å²) in [6, 6.07) is 18.9. The van der Waals surface area contributed by atoms with Gasteiger partial charge in [-0.3, -0.25) is 0 Å². The predicted molar refractivity (Wildman–Crippen MR) is 81.7 cm³/mol. The van der Waals surface area contributed by atoms with Crippen molar-refractivity contribution in [2.45, 2.75) is 24.9 Å². The van der Waals surface area contributed by atoms with E-state index in [1.54, 1.807) is 0 Å². The van der Waals surface area contributed by atoms with E-state index in [0.717, 1.165) is 12.2 Å². The first-order valence-corrected chi connectivity index (χ1v) is 6.98. The summed E-state index contributed by atoms with van der Waals surface area (Å²) < 4.78 is 6.05. The van der Waals surface area contributed by atoms with Crippen molar-refractivity contribution in [1.82, 2.24) is 0 Å². The van der Waals surface area contributed by atoms with E-state index in [1.807, 2.05) is 18.2 Å². The van der Waals surface area contributed by atoms with Gasteiger partial charge >= 0.3 is 0 Å². The normalized spacial score (nSPS) is 20.8. The first kappa shape index (κ1) is 12.8. The molecule has 2 atom stereocenters. The van der Waals surface area contributed by atoms with Gasteiger partial charge in [0.25, 0.3) is 0 Å². The molecule has 0 saturated carbocycles. The second-order valence-corrected chi connectivity index (χ2v) is 5.34. The molecular weight excluding hydrogens is 246 g/mol. The van der Waals surface area contributed by atoms with Crippen molar-refractivity contribution in [3.05, 3.63) is 78.0 Å². The predicted octanol–water partition coefficient (Wildman–Crippen LogP) is 3.83. The molecule has 102 valence electrons. The zero-order valence-electron chi connectivity index (χ0n) is 11.5. The van der Waals surface area contributed by atoms with Crippen LogP contribution in [0.2, 0.25) is 0 Å². The first-order valence-electron chi connectivity index (χ1n) is 6.98. The zero-order valence-corrected chi connectivity index (χ0v) is 11.5. The third kappa shape index (κ3) is 2.55. The summed E-state index contributed by atoms with van der Waals surface area (Å²) in [6.07, 6.45) is 1.75. The largest absolute Gasteiger partial charge is 0.490 e. The Morgan fingerprint density at radius 3 is 2.55 bits per heavy atom. The van der Waals surface area contributed by atoms with Crippen molar-refractivity contribution in [3.63, 3.8) is 0 Å². The summed E-state index contributed by atoms with van der Waals surface area (Å²) in [6.45, 7) is 3.80. The molecule has 0 aliphatic carbocycles. The highest BCUT2D eigenvalue weighted by molar-refractivity contribution is 5.44. The molecule has 3 rings (SSSR count). The quantitative estimate of drug-likeness (QED) is 0.915. The Kier molecular flexibility index (Phi) is 3.46. The molecule has 0 amide bonds. The van der Waals surface area contributed by atoms with Crippen molar-refractivity contribution in [1.29, 1.82) is 0 Å². The van der Waals surface area contributed by atoms with Crippen LogP contribution in [0.25, 0.3) is 0 Å². The summed E-state index contributed by atoms with van der Waals surface area (Å²) in [7, 11) is 0. The van der Waals surface area contributed by atoms with E-state index >= 15 is 0 Å². The molecule has 0 saturated heterocycles. The van der Waals surface area contributed by atoms with Crippen LogP contribution in [-0.2, 0) is 0 Å². The molecule has 2 aromatic rings. The lowest BCUT2D eigenvalue weighted by Gasteiger charge is -2.32. The average molecular weight is 265 g/mol. The number of hydrogen-bond acceptors (Lipinski definition) is 2. The Labute approximate surface area is 119 Å². The molecule has 1 aliphatic rings. The lowest BCUT2D eigenvalue weighted by atomic mass is 9.83. The Morgan fingerprint density at radius 1 is 1.10 bits per heavy atom. The number of rotatable bonds is 3. The zero-order chi connectivity index (χ0) is 13.9. The second kappa shape index (κ2) is 5.41. The van der Waals surface area contributed by atoms with Gasteiger partial charge in [-0.25, -0.2) is 0 Å². The number of fused-ring (bicyclic) bond motifs is 1. The third-order valence-electron chi connectivity index (χ3n) is 3.78. The van der Waals surface area contributed by atoms with Crippen LogP contribution in [0.15, 0.2) is 66.9 Å². The summed E-state index contributed by atoms with van der Waals surface area (Å²) in [5.41, 5.74) is 9.03. The van der Waals surface area contributed by atoms with Crippen molar-refractivity contribution in [2.75, 3.05) is 0 Å². The Morgan fingerprint density at radius 2 is 1.80 bits per heavy atom. The van der Waals surface area contributed by atoms with Crippen LogP contribution in [-0.4, -0.2) is 6.10 Å². The summed E-state index contributed by atoms with van der Waals surface area (Å²) in [5, 5.41) is 0. The van der Waals surface area contributed by atoms with Gasteiger partial charge in [-0.2, -0.15) is 0 Å². The molecule has 1 heterocycles. The summed E-state index contributed by atoms with van der Waals surface area (Å²) >= 11 is 0. The third-order valence-corrected chi connectivity index (χ3v) is 3.78. The fourth-order valence-corrected chi connectivity index (χ4v) is 2.91. The van der Waals surface area contributed by atoms with Gasteiger partial charge in [-0.15, -0.1) is 0 Å². The highest BCUT2D eigenvalue weighted by Crippen LogP contribution is 2.41. The minimum atomic E-state index is 0.104. The molecule has 0 aromatic heterocycles. The lowest BCUT2D eigenvalue weighted by molar-refractivity contribution is 0.164. The maximum atomic E-state index is 6.05. The number of benzene rings is 2. The SMILES string of the molecule is C=C(N)CC1CC(c2ccccc2)c2ccccc2O1. The van der Waals surface area contributed by atoms with Gasteiger partial charge in [-0.1, -0.05) is 55.1 Å². The Hall–Kier alpha value is -2.22. The molecule has 0 bridgehead atoms. The standard InChI is InChI=1S/C18H19NO/c1-13(19)11-15-12-17(14-7-3-2-4-8-14)16-9-5-6-10-18(16)20-15/h2-10,15,17H,1,11-12,19H2. The van der Waals surface area contributed by atoms with E-state index in [1.165, 1.54) is 11.1 Å². The fraction of sp³-hybridized carbons (Fsp3) is 0.222. The van der Waals surface area contributed by atoms with Gasteiger partial charge in [-0.05, 0) is 18.1 Å². The Balaban J connectivity index is 1.97. The molecule has 0 radical (unpaired) electrons. The van der Waals surface area contributed by atoms with E-state index in [9.17, 15) is 0 Å². The van der Waals surface area contributed by atoms with E-state index in [4.69, 9.17) is 10.5 Å². The van der Waals surface area contributed by atoms with Crippen LogP contribution in [0, 0.1) is 0 Å². The van der Waals surface area contributed by atoms with Crippen molar-refractivity contribution in [2.24, 2.45) is 5.73 Å². The number of hydrogen-bond donors (Lipinski definition) is 1. The average Bonchev–Trinajstić information content (AvgIpc) is 2.47. The van der Waals surface area contributed by atoms with Crippen LogP contribution in [0.5, 0.6) is 5.75 Å².